The molecule has 5 heteroatoms. The third-order valence-corrected chi connectivity index (χ3v) is 2.27. The van der Waals surface area contributed by atoms with Gasteiger partial charge in [-0.1, -0.05) is 0 Å². The van der Waals surface area contributed by atoms with E-state index in [2.05, 4.69) is 16.8 Å². The average molecular weight is 225 g/mol. The minimum absolute atomic E-state index is 0.0849. The van der Waals surface area contributed by atoms with Crippen molar-refractivity contribution in [3.05, 3.63) is 0 Å². The third kappa shape index (κ3) is 7.53. The quantitative estimate of drug-likeness (QED) is 0.632. The molecule has 0 aromatic heterocycles. The Kier molecular flexibility index (Phi) is 9.77. The number of nitrogens with zero attached hydrogens (tertiary/aromatic N) is 2. The molecule has 0 aromatic carbocycles. The van der Waals surface area contributed by atoms with Crippen molar-refractivity contribution in [2.24, 2.45) is 0 Å². The molecule has 4 nitrogen and oxygen atoms in total. The first kappa shape index (κ1) is 14.1. The number of aliphatic hydroxyl groups excluding tert-OH is 2. The van der Waals surface area contributed by atoms with Crippen LogP contribution in [-0.4, -0.2) is 78.9 Å². The van der Waals surface area contributed by atoms with Crippen molar-refractivity contribution in [2.75, 3.05) is 58.9 Å². The number of hydrogen-bond donors (Lipinski definition) is 2. The zero-order chi connectivity index (χ0) is 10.8. The van der Waals surface area contributed by atoms with E-state index in [1.807, 2.05) is 0 Å². The number of β-amino-alcohol motifs (C(OH)–C–C–N with tert-alkyl or cyclic N) is 1. The van der Waals surface area contributed by atoms with Gasteiger partial charge in [0.1, 0.15) is 0 Å². The third-order valence-electron chi connectivity index (χ3n) is 2.10. The molecule has 1 heterocycles. The highest BCUT2D eigenvalue weighted by atomic mass is 35.5. The Hall–Kier alpha value is 0.130. The van der Waals surface area contributed by atoms with Crippen molar-refractivity contribution in [3.63, 3.8) is 0 Å². The lowest BCUT2D eigenvalue weighted by Crippen LogP contribution is -2.45. The molecule has 0 amide bonds. The monoisotopic (exact) mass is 224 g/mol. The molecule has 0 radical (unpaired) electrons. The van der Waals surface area contributed by atoms with Gasteiger partial charge in [-0.05, 0) is 7.05 Å². The highest BCUT2D eigenvalue weighted by Crippen LogP contribution is 1.96. The highest BCUT2D eigenvalue weighted by Gasteiger charge is 2.11. The van der Waals surface area contributed by atoms with Gasteiger partial charge in [-0.15, -0.1) is 11.6 Å². The second-order valence-corrected chi connectivity index (χ2v) is 3.66. The zero-order valence-electron chi connectivity index (χ0n) is 8.82. The summed E-state index contributed by atoms with van der Waals surface area (Å²) in [6.45, 7) is 5.72. The van der Waals surface area contributed by atoms with Gasteiger partial charge < -0.3 is 15.1 Å². The summed E-state index contributed by atoms with van der Waals surface area (Å²) in [5, 5.41) is 16.4. The first-order chi connectivity index (χ1) is 6.74. The molecule has 14 heavy (non-hydrogen) atoms. The van der Waals surface area contributed by atoms with Gasteiger partial charge in [-0.3, -0.25) is 4.90 Å². The lowest BCUT2D eigenvalue weighted by Gasteiger charge is -2.31. The SMILES string of the molecule is CN1CCN(CCO)CC1.OCCCl. The van der Waals surface area contributed by atoms with E-state index in [1.165, 1.54) is 0 Å². The lowest BCUT2D eigenvalue weighted by atomic mass is 10.3. The maximum absolute atomic E-state index is 8.63. The van der Waals surface area contributed by atoms with Gasteiger partial charge in [0.2, 0.25) is 0 Å². The van der Waals surface area contributed by atoms with Crippen LogP contribution < -0.4 is 0 Å². The van der Waals surface area contributed by atoms with Crippen LogP contribution in [0, 0.1) is 0 Å². The number of rotatable bonds is 3. The van der Waals surface area contributed by atoms with E-state index in [-0.39, 0.29) is 6.61 Å². The molecule has 86 valence electrons. The van der Waals surface area contributed by atoms with E-state index in [9.17, 15) is 0 Å². The standard InChI is InChI=1S/C7H16N2O.C2H5ClO/c1-8-2-4-9(5-3-8)6-7-10;3-1-2-4/h10H,2-7H2,1H3;4H,1-2H2. The Bertz CT molecular complexity index is 117. The minimum atomic E-state index is 0.0849. The molecule has 1 fully saturated rings. The normalized spacial score (nSPS) is 18.9. The summed E-state index contributed by atoms with van der Waals surface area (Å²) in [4.78, 5) is 4.61. The van der Waals surface area contributed by atoms with Gasteiger partial charge >= 0.3 is 0 Å². The Balaban J connectivity index is 0.000000364. The fraction of sp³-hybridized carbons (Fsp3) is 1.00. The summed E-state index contributed by atoms with van der Waals surface area (Å²) in [5.41, 5.74) is 0. The Labute approximate surface area is 91.1 Å². The maximum atomic E-state index is 8.63. The Morgan fingerprint density at radius 3 is 1.93 bits per heavy atom. The van der Waals surface area contributed by atoms with Crippen LogP contribution in [0.4, 0.5) is 0 Å². The van der Waals surface area contributed by atoms with Gasteiger partial charge in [0.25, 0.3) is 0 Å². The minimum Gasteiger partial charge on any atom is -0.395 e. The van der Waals surface area contributed by atoms with E-state index in [1.54, 1.807) is 0 Å². The van der Waals surface area contributed by atoms with E-state index < -0.39 is 0 Å². The van der Waals surface area contributed by atoms with Gasteiger partial charge in [0.05, 0.1) is 13.2 Å². The summed E-state index contributed by atoms with van der Waals surface area (Å²) in [7, 11) is 2.14. The van der Waals surface area contributed by atoms with Crippen LogP contribution in [0.1, 0.15) is 0 Å². The molecule has 2 N–H and O–H groups in total. The van der Waals surface area contributed by atoms with Crippen molar-refractivity contribution >= 4 is 11.6 Å². The molecule has 1 saturated heterocycles. The topological polar surface area (TPSA) is 46.9 Å². The Morgan fingerprint density at radius 1 is 1.07 bits per heavy atom. The molecule has 0 atom stereocenters. The van der Waals surface area contributed by atoms with Crippen LogP contribution in [0.5, 0.6) is 0 Å². The first-order valence-electron chi connectivity index (χ1n) is 4.93. The molecule has 1 aliphatic rings. The molecule has 1 rings (SSSR count). The molecule has 0 aromatic rings. The second kappa shape index (κ2) is 9.68. The van der Waals surface area contributed by atoms with Crippen molar-refractivity contribution in [1.29, 1.82) is 0 Å². The molecular formula is C9H21ClN2O2. The molecule has 0 bridgehead atoms. The number of hydrogen-bond acceptors (Lipinski definition) is 4. The lowest BCUT2D eigenvalue weighted by molar-refractivity contribution is 0.128. The van der Waals surface area contributed by atoms with E-state index in [0.29, 0.717) is 12.5 Å². The van der Waals surface area contributed by atoms with E-state index in [0.717, 1.165) is 32.7 Å². The molecule has 0 saturated carbocycles. The number of aliphatic hydroxyl groups is 2. The van der Waals surface area contributed by atoms with Gasteiger partial charge in [-0.2, -0.15) is 0 Å². The van der Waals surface area contributed by atoms with Gasteiger partial charge in [-0.25, -0.2) is 0 Å². The summed E-state index contributed by atoms with van der Waals surface area (Å²) >= 11 is 4.94. The summed E-state index contributed by atoms with van der Waals surface area (Å²) in [6, 6.07) is 0. The predicted octanol–water partition coefficient (Wildman–Crippen LogP) is -0.556. The van der Waals surface area contributed by atoms with Gasteiger partial charge in [0.15, 0.2) is 0 Å². The molecule has 0 spiro atoms. The average Bonchev–Trinajstić information content (AvgIpc) is 2.22. The number of halogens is 1. The van der Waals surface area contributed by atoms with Crippen LogP contribution in [0.25, 0.3) is 0 Å². The number of alkyl halides is 1. The molecule has 1 aliphatic heterocycles. The summed E-state index contributed by atoms with van der Waals surface area (Å²) < 4.78 is 0. The van der Waals surface area contributed by atoms with Crippen molar-refractivity contribution < 1.29 is 10.2 Å². The van der Waals surface area contributed by atoms with Crippen molar-refractivity contribution in [3.8, 4) is 0 Å². The summed E-state index contributed by atoms with van der Waals surface area (Å²) in [5.74, 6) is 0.347. The fourth-order valence-electron chi connectivity index (χ4n) is 1.21. The Morgan fingerprint density at radius 2 is 1.57 bits per heavy atom. The second-order valence-electron chi connectivity index (χ2n) is 3.28. The largest absolute Gasteiger partial charge is 0.395 e. The van der Waals surface area contributed by atoms with Crippen LogP contribution in [0.3, 0.4) is 0 Å². The molecular weight excluding hydrogens is 204 g/mol. The molecule has 0 aliphatic carbocycles. The van der Waals surface area contributed by atoms with Crippen LogP contribution in [0.2, 0.25) is 0 Å². The van der Waals surface area contributed by atoms with Crippen molar-refractivity contribution in [2.45, 2.75) is 0 Å². The smallest absolute Gasteiger partial charge is 0.0566 e. The van der Waals surface area contributed by atoms with E-state index >= 15 is 0 Å². The first-order valence-corrected chi connectivity index (χ1v) is 5.46. The highest BCUT2D eigenvalue weighted by molar-refractivity contribution is 6.17. The van der Waals surface area contributed by atoms with Crippen molar-refractivity contribution in [1.82, 2.24) is 9.80 Å². The van der Waals surface area contributed by atoms with E-state index in [4.69, 9.17) is 21.8 Å². The number of likely N-dealkylation sites (N-methyl/N-ethyl adjacent to an activating group) is 1. The predicted molar refractivity (Wildman–Crippen MR) is 58.8 cm³/mol. The van der Waals surface area contributed by atoms with Crippen LogP contribution in [0.15, 0.2) is 0 Å². The van der Waals surface area contributed by atoms with Crippen LogP contribution in [-0.2, 0) is 0 Å². The summed E-state index contributed by atoms with van der Waals surface area (Å²) in [6.07, 6.45) is 0. The van der Waals surface area contributed by atoms with Crippen LogP contribution >= 0.6 is 11.6 Å². The van der Waals surface area contributed by atoms with Gasteiger partial charge in [0, 0.05) is 38.6 Å². The number of piperazine rings is 1. The molecule has 0 unspecified atom stereocenters. The fourth-order valence-corrected chi connectivity index (χ4v) is 1.21. The zero-order valence-corrected chi connectivity index (χ0v) is 9.58. The maximum Gasteiger partial charge on any atom is 0.0566 e.